The number of carbonyl (C=O) groups excluding carboxylic acids is 1. The van der Waals surface area contributed by atoms with E-state index in [1.807, 2.05) is 35.3 Å². The van der Waals surface area contributed by atoms with Crippen LogP contribution in [0.4, 0.5) is 5.13 Å². The summed E-state index contributed by atoms with van der Waals surface area (Å²) in [7, 11) is 0. The number of nitrogens with zero attached hydrogens (tertiary/aromatic N) is 5. The Balaban J connectivity index is 1.56. The van der Waals surface area contributed by atoms with Crippen molar-refractivity contribution < 1.29 is 9.21 Å². The number of hydrogen-bond acceptors (Lipinski definition) is 7. The van der Waals surface area contributed by atoms with Crippen molar-refractivity contribution in [1.29, 1.82) is 0 Å². The molecule has 0 aliphatic heterocycles. The Morgan fingerprint density at radius 3 is 2.88 bits per heavy atom. The van der Waals surface area contributed by atoms with Crippen LogP contribution in [0.1, 0.15) is 0 Å². The summed E-state index contributed by atoms with van der Waals surface area (Å²) in [5, 5.41) is 14.1. The van der Waals surface area contributed by atoms with E-state index in [1.54, 1.807) is 28.6 Å². The molecule has 0 unspecified atom stereocenters. The second-order valence-corrected chi connectivity index (χ2v) is 6.67. The smallest absolute Gasteiger partial charge is 0.236 e. The van der Waals surface area contributed by atoms with Gasteiger partial charge in [0, 0.05) is 24.0 Å². The number of carbonyl (C=O) groups is 1. The highest BCUT2D eigenvalue weighted by atomic mass is 32.2. The molecular weight excluding hydrogens is 360 g/mol. The third-order valence-electron chi connectivity index (χ3n) is 3.18. The first kappa shape index (κ1) is 15.7. The van der Waals surface area contributed by atoms with Gasteiger partial charge in [-0.25, -0.2) is 9.66 Å². The third-order valence-corrected chi connectivity index (χ3v) is 4.79. The predicted molar refractivity (Wildman–Crippen MR) is 94.4 cm³/mol. The monoisotopic (exact) mass is 372 g/mol. The number of thiazole rings is 1. The molecule has 0 saturated carbocycles. The summed E-state index contributed by atoms with van der Waals surface area (Å²) in [5.74, 6) is 1.20. The molecule has 0 fully saturated rings. The molecular formula is C15H12N6O2S2. The van der Waals surface area contributed by atoms with Crippen LogP contribution in [0.25, 0.3) is 11.6 Å². The normalized spacial score (nSPS) is 10.9. The Hall–Kier alpha value is -2.85. The molecule has 8 nitrogen and oxygen atoms in total. The van der Waals surface area contributed by atoms with Crippen molar-refractivity contribution in [3.8, 4) is 11.6 Å². The first-order valence-corrected chi connectivity index (χ1v) is 9.13. The van der Waals surface area contributed by atoms with Gasteiger partial charge < -0.3 is 9.73 Å². The molecule has 0 aliphatic rings. The van der Waals surface area contributed by atoms with Gasteiger partial charge in [-0.05, 0) is 24.3 Å². The van der Waals surface area contributed by atoms with Crippen LogP contribution in [0.3, 0.4) is 0 Å². The maximum Gasteiger partial charge on any atom is 0.236 e. The summed E-state index contributed by atoms with van der Waals surface area (Å²) in [5.41, 5.74) is 0. The molecule has 4 heterocycles. The summed E-state index contributed by atoms with van der Waals surface area (Å²) >= 11 is 2.66. The largest absolute Gasteiger partial charge is 0.461 e. The molecule has 0 spiro atoms. The molecule has 1 N–H and O–H groups in total. The number of amides is 1. The molecule has 0 aromatic carbocycles. The van der Waals surface area contributed by atoms with E-state index in [1.165, 1.54) is 23.1 Å². The van der Waals surface area contributed by atoms with E-state index in [2.05, 4.69) is 20.5 Å². The van der Waals surface area contributed by atoms with Crippen molar-refractivity contribution in [2.45, 2.75) is 5.16 Å². The van der Waals surface area contributed by atoms with Gasteiger partial charge >= 0.3 is 0 Å². The maximum atomic E-state index is 12.1. The van der Waals surface area contributed by atoms with Gasteiger partial charge in [0.05, 0.1) is 12.0 Å². The van der Waals surface area contributed by atoms with E-state index in [-0.39, 0.29) is 11.7 Å². The second kappa shape index (κ2) is 6.95. The van der Waals surface area contributed by atoms with Crippen LogP contribution in [0.15, 0.2) is 64.1 Å². The Labute approximate surface area is 150 Å². The number of nitrogens with one attached hydrogen (secondary N) is 1. The zero-order valence-corrected chi connectivity index (χ0v) is 14.4. The second-order valence-electron chi connectivity index (χ2n) is 4.83. The van der Waals surface area contributed by atoms with Gasteiger partial charge in [0.2, 0.25) is 16.9 Å². The molecule has 4 rings (SSSR count). The number of aromatic nitrogens is 5. The zero-order chi connectivity index (χ0) is 17.1. The highest BCUT2D eigenvalue weighted by Gasteiger charge is 2.18. The third kappa shape index (κ3) is 3.35. The summed E-state index contributed by atoms with van der Waals surface area (Å²) in [6.45, 7) is 0. The van der Waals surface area contributed by atoms with Gasteiger partial charge in [-0.2, -0.15) is 0 Å². The van der Waals surface area contributed by atoms with Gasteiger partial charge in [-0.1, -0.05) is 11.8 Å². The van der Waals surface area contributed by atoms with E-state index < -0.39 is 0 Å². The van der Waals surface area contributed by atoms with Crippen molar-refractivity contribution in [3.63, 3.8) is 0 Å². The maximum absolute atomic E-state index is 12.1. The number of anilines is 1. The van der Waals surface area contributed by atoms with Gasteiger partial charge in [-0.15, -0.1) is 21.5 Å². The molecule has 1 amide bonds. The Morgan fingerprint density at radius 2 is 2.16 bits per heavy atom. The average molecular weight is 372 g/mol. The summed E-state index contributed by atoms with van der Waals surface area (Å²) in [6, 6.07) is 7.40. The van der Waals surface area contributed by atoms with Crippen LogP contribution in [0.2, 0.25) is 0 Å². The molecule has 4 aromatic heterocycles. The molecule has 126 valence electrons. The lowest BCUT2D eigenvalue weighted by atomic mass is 10.4. The molecule has 10 heteroatoms. The van der Waals surface area contributed by atoms with Crippen LogP contribution < -0.4 is 5.32 Å². The van der Waals surface area contributed by atoms with Gasteiger partial charge in [0.1, 0.15) is 0 Å². The number of rotatable bonds is 6. The molecule has 25 heavy (non-hydrogen) atoms. The van der Waals surface area contributed by atoms with Crippen LogP contribution in [0.5, 0.6) is 0 Å². The van der Waals surface area contributed by atoms with E-state index in [9.17, 15) is 4.79 Å². The minimum absolute atomic E-state index is 0.151. The Kier molecular flexibility index (Phi) is 4.36. The SMILES string of the molecule is O=C(CSc1nnc(-c2ccco2)n1-n1cccc1)Nc1nccs1. The van der Waals surface area contributed by atoms with E-state index in [4.69, 9.17) is 4.42 Å². The first-order valence-electron chi connectivity index (χ1n) is 7.26. The van der Waals surface area contributed by atoms with Crippen molar-refractivity contribution in [3.05, 3.63) is 54.5 Å². The highest BCUT2D eigenvalue weighted by Crippen LogP contribution is 2.24. The fourth-order valence-corrected chi connectivity index (χ4v) is 3.43. The lowest BCUT2D eigenvalue weighted by molar-refractivity contribution is -0.113. The molecule has 4 aromatic rings. The van der Waals surface area contributed by atoms with Gasteiger partial charge in [-0.3, -0.25) is 9.47 Å². The number of hydrogen-bond donors (Lipinski definition) is 1. The number of thioether (sulfide) groups is 1. The van der Waals surface area contributed by atoms with Crippen molar-refractivity contribution in [2.24, 2.45) is 0 Å². The predicted octanol–water partition coefficient (Wildman–Crippen LogP) is 2.84. The zero-order valence-electron chi connectivity index (χ0n) is 12.8. The lowest BCUT2D eigenvalue weighted by Crippen LogP contribution is -2.15. The molecule has 0 atom stereocenters. The minimum atomic E-state index is -0.151. The van der Waals surface area contributed by atoms with Crippen molar-refractivity contribution in [1.82, 2.24) is 24.5 Å². The topological polar surface area (TPSA) is 90.8 Å². The van der Waals surface area contributed by atoms with Crippen LogP contribution in [-0.2, 0) is 4.79 Å². The summed E-state index contributed by atoms with van der Waals surface area (Å²) in [6.07, 6.45) is 6.97. The number of furan rings is 1. The summed E-state index contributed by atoms with van der Waals surface area (Å²) < 4.78 is 9.06. The minimum Gasteiger partial charge on any atom is -0.461 e. The van der Waals surface area contributed by atoms with Crippen LogP contribution in [-0.4, -0.2) is 36.2 Å². The Morgan fingerprint density at radius 1 is 1.28 bits per heavy atom. The summed E-state index contributed by atoms with van der Waals surface area (Å²) in [4.78, 5) is 16.1. The highest BCUT2D eigenvalue weighted by molar-refractivity contribution is 7.99. The van der Waals surface area contributed by atoms with E-state index in [0.717, 1.165) is 0 Å². The molecule has 0 aliphatic carbocycles. The lowest BCUT2D eigenvalue weighted by Gasteiger charge is -2.09. The van der Waals surface area contributed by atoms with E-state index in [0.29, 0.717) is 21.9 Å². The molecule has 0 radical (unpaired) electrons. The van der Waals surface area contributed by atoms with E-state index >= 15 is 0 Å². The van der Waals surface area contributed by atoms with Crippen molar-refractivity contribution in [2.75, 3.05) is 11.1 Å². The van der Waals surface area contributed by atoms with Crippen LogP contribution >= 0.6 is 23.1 Å². The molecule has 0 saturated heterocycles. The molecule has 0 bridgehead atoms. The standard InChI is InChI=1S/C15H12N6O2S2/c22-12(17-14-16-5-9-24-14)10-25-15-19-18-13(11-4-3-8-23-11)21(15)20-6-1-2-7-20/h1-9H,10H2,(H,16,17,22). The fraction of sp³-hybridized carbons (Fsp3) is 0.0667. The van der Waals surface area contributed by atoms with Gasteiger partial charge in [0.15, 0.2) is 10.9 Å². The quantitative estimate of drug-likeness (QED) is 0.523. The Bertz CT molecular complexity index is 945. The van der Waals surface area contributed by atoms with Crippen molar-refractivity contribution >= 4 is 34.1 Å². The average Bonchev–Trinajstić information content (AvgIpc) is 3.39. The first-order chi connectivity index (χ1) is 12.3. The van der Waals surface area contributed by atoms with Crippen LogP contribution in [0, 0.1) is 0 Å². The van der Waals surface area contributed by atoms with Gasteiger partial charge in [0.25, 0.3) is 0 Å². The fourth-order valence-electron chi connectivity index (χ4n) is 2.15.